The maximum absolute atomic E-state index is 10.6. The number of aryl methyl sites for hydroxylation is 1. The SMILES string of the molecule is CCc1ccc(C(O)CN2CCN(C=O)CC2)cc1. The Bertz CT molecular complexity index is 397. The molecule has 0 spiro atoms. The van der Waals surface area contributed by atoms with Crippen molar-refractivity contribution in [3.05, 3.63) is 35.4 Å². The van der Waals surface area contributed by atoms with Crippen LogP contribution in [0, 0.1) is 0 Å². The fraction of sp³-hybridized carbons (Fsp3) is 0.533. The Labute approximate surface area is 114 Å². The molecule has 1 amide bonds. The van der Waals surface area contributed by atoms with Crippen LogP contribution in [0.3, 0.4) is 0 Å². The van der Waals surface area contributed by atoms with E-state index in [1.54, 1.807) is 4.90 Å². The summed E-state index contributed by atoms with van der Waals surface area (Å²) in [7, 11) is 0. The van der Waals surface area contributed by atoms with Gasteiger partial charge in [0.2, 0.25) is 6.41 Å². The molecule has 1 aromatic rings. The van der Waals surface area contributed by atoms with E-state index in [1.807, 2.05) is 12.1 Å². The van der Waals surface area contributed by atoms with Gasteiger partial charge in [0.15, 0.2) is 0 Å². The molecule has 0 radical (unpaired) electrons. The Balaban J connectivity index is 1.86. The van der Waals surface area contributed by atoms with Gasteiger partial charge in [0.05, 0.1) is 6.10 Å². The Morgan fingerprint density at radius 2 is 1.84 bits per heavy atom. The Hall–Kier alpha value is -1.39. The van der Waals surface area contributed by atoms with Crippen LogP contribution in [0.2, 0.25) is 0 Å². The highest BCUT2D eigenvalue weighted by molar-refractivity contribution is 5.47. The molecule has 1 saturated heterocycles. The van der Waals surface area contributed by atoms with Gasteiger partial charge in [0.25, 0.3) is 0 Å². The second-order valence-corrected chi connectivity index (χ2v) is 5.05. The minimum atomic E-state index is -0.450. The van der Waals surface area contributed by atoms with Crippen molar-refractivity contribution in [3.63, 3.8) is 0 Å². The van der Waals surface area contributed by atoms with Crippen molar-refractivity contribution in [2.24, 2.45) is 0 Å². The molecule has 1 aromatic carbocycles. The van der Waals surface area contributed by atoms with Gasteiger partial charge in [-0.25, -0.2) is 0 Å². The molecule has 0 saturated carbocycles. The highest BCUT2D eigenvalue weighted by Crippen LogP contribution is 2.16. The Kier molecular flexibility index (Phi) is 4.93. The third-order valence-corrected chi connectivity index (χ3v) is 3.76. The first-order valence-corrected chi connectivity index (χ1v) is 6.91. The van der Waals surface area contributed by atoms with Crippen LogP contribution in [0.5, 0.6) is 0 Å². The van der Waals surface area contributed by atoms with E-state index in [0.29, 0.717) is 6.54 Å². The smallest absolute Gasteiger partial charge is 0.209 e. The van der Waals surface area contributed by atoms with Crippen molar-refractivity contribution in [1.82, 2.24) is 9.80 Å². The third-order valence-electron chi connectivity index (χ3n) is 3.76. The van der Waals surface area contributed by atoms with Gasteiger partial charge in [0.1, 0.15) is 0 Å². The van der Waals surface area contributed by atoms with E-state index in [-0.39, 0.29) is 0 Å². The Morgan fingerprint density at radius 1 is 1.21 bits per heavy atom. The van der Waals surface area contributed by atoms with Crippen molar-refractivity contribution in [3.8, 4) is 0 Å². The zero-order valence-corrected chi connectivity index (χ0v) is 11.5. The van der Waals surface area contributed by atoms with Crippen LogP contribution in [0.1, 0.15) is 24.2 Å². The van der Waals surface area contributed by atoms with Crippen LogP contribution in [0.15, 0.2) is 24.3 Å². The van der Waals surface area contributed by atoms with Gasteiger partial charge < -0.3 is 10.0 Å². The molecule has 1 fully saturated rings. The average Bonchev–Trinajstić information content (AvgIpc) is 2.48. The summed E-state index contributed by atoms with van der Waals surface area (Å²) in [5.74, 6) is 0. The molecule has 0 aliphatic carbocycles. The standard InChI is InChI=1S/C15H22N2O2/c1-2-13-3-5-14(6-4-13)15(19)11-16-7-9-17(12-18)10-8-16/h3-6,12,15,19H,2,7-11H2,1H3. The van der Waals surface area contributed by atoms with Crippen LogP contribution < -0.4 is 0 Å². The maximum Gasteiger partial charge on any atom is 0.209 e. The van der Waals surface area contributed by atoms with Crippen molar-refractivity contribution < 1.29 is 9.90 Å². The van der Waals surface area contributed by atoms with E-state index in [0.717, 1.165) is 44.6 Å². The second kappa shape index (κ2) is 6.68. The summed E-state index contributed by atoms with van der Waals surface area (Å²) in [5, 5.41) is 10.2. The molecule has 1 aliphatic heterocycles. The number of hydrogen-bond donors (Lipinski definition) is 1. The third kappa shape index (κ3) is 3.78. The first-order valence-electron chi connectivity index (χ1n) is 6.91. The summed E-state index contributed by atoms with van der Waals surface area (Å²) in [6, 6.07) is 8.15. The topological polar surface area (TPSA) is 43.8 Å². The molecule has 4 nitrogen and oxygen atoms in total. The fourth-order valence-corrected chi connectivity index (χ4v) is 2.38. The zero-order valence-electron chi connectivity index (χ0n) is 11.5. The van der Waals surface area contributed by atoms with Gasteiger partial charge in [-0.2, -0.15) is 0 Å². The number of rotatable bonds is 5. The fourth-order valence-electron chi connectivity index (χ4n) is 2.38. The molecular formula is C15H22N2O2. The minimum Gasteiger partial charge on any atom is -0.387 e. The van der Waals surface area contributed by atoms with Crippen molar-refractivity contribution in [1.29, 1.82) is 0 Å². The van der Waals surface area contributed by atoms with E-state index >= 15 is 0 Å². The predicted molar refractivity (Wildman–Crippen MR) is 74.9 cm³/mol. The van der Waals surface area contributed by atoms with Gasteiger partial charge >= 0.3 is 0 Å². The number of amides is 1. The van der Waals surface area contributed by atoms with E-state index in [2.05, 4.69) is 24.0 Å². The van der Waals surface area contributed by atoms with Crippen LogP contribution in [-0.2, 0) is 11.2 Å². The van der Waals surface area contributed by atoms with E-state index in [9.17, 15) is 9.90 Å². The summed E-state index contributed by atoms with van der Waals surface area (Å²) >= 11 is 0. The lowest BCUT2D eigenvalue weighted by atomic mass is 10.1. The molecule has 0 aromatic heterocycles. The van der Waals surface area contributed by atoms with Crippen LogP contribution in [0.25, 0.3) is 0 Å². The van der Waals surface area contributed by atoms with Crippen molar-refractivity contribution >= 4 is 6.41 Å². The van der Waals surface area contributed by atoms with Crippen molar-refractivity contribution in [2.75, 3.05) is 32.7 Å². The number of β-amino-alcohol motifs (C(OH)–C–C–N with tert-alkyl or cyclic N) is 1. The molecular weight excluding hydrogens is 240 g/mol. The van der Waals surface area contributed by atoms with Gasteiger partial charge in [-0.3, -0.25) is 9.69 Å². The number of carbonyl (C=O) groups excluding carboxylic acids is 1. The summed E-state index contributed by atoms with van der Waals surface area (Å²) < 4.78 is 0. The van der Waals surface area contributed by atoms with Gasteiger partial charge in [-0.1, -0.05) is 31.2 Å². The highest BCUT2D eigenvalue weighted by atomic mass is 16.3. The number of hydrogen-bond acceptors (Lipinski definition) is 3. The van der Waals surface area contributed by atoms with E-state index in [4.69, 9.17) is 0 Å². The lowest BCUT2D eigenvalue weighted by Crippen LogP contribution is -2.46. The number of aliphatic hydroxyl groups excluding tert-OH is 1. The summed E-state index contributed by atoms with van der Waals surface area (Å²) in [5.41, 5.74) is 2.26. The number of carbonyl (C=O) groups is 1. The number of nitrogens with zero attached hydrogens (tertiary/aromatic N) is 2. The molecule has 1 heterocycles. The second-order valence-electron chi connectivity index (χ2n) is 5.05. The average molecular weight is 262 g/mol. The molecule has 104 valence electrons. The molecule has 1 N–H and O–H groups in total. The summed E-state index contributed by atoms with van der Waals surface area (Å²) in [6.45, 7) is 5.94. The zero-order chi connectivity index (χ0) is 13.7. The van der Waals surface area contributed by atoms with Gasteiger partial charge in [-0.05, 0) is 17.5 Å². The molecule has 1 atom stereocenters. The van der Waals surface area contributed by atoms with Crippen LogP contribution in [0.4, 0.5) is 0 Å². The molecule has 0 bridgehead atoms. The molecule has 2 rings (SSSR count). The number of aliphatic hydroxyl groups is 1. The largest absolute Gasteiger partial charge is 0.387 e. The van der Waals surface area contributed by atoms with Gasteiger partial charge in [-0.15, -0.1) is 0 Å². The molecule has 4 heteroatoms. The molecule has 19 heavy (non-hydrogen) atoms. The van der Waals surface area contributed by atoms with Crippen molar-refractivity contribution in [2.45, 2.75) is 19.4 Å². The Morgan fingerprint density at radius 3 is 2.37 bits per heavy atom. The number of benzene rings is 1. The quantitative estimate of drug-likeness (QED) is 0.807. The van der Waals surface area contributed by atoms with Gasteiger partial charge in [0, 0.05) is 32.7 Å². The van der Waals surface area contributed by atoms with Crippen LogP contribution >= 0.6 is 0 Å². The lowest BCUT2D eigenvalue weighted by molar-refractivity contribution is -0.119. The van der Waals surface area contributed by atoms with E-state index < -0.39 is 6.10 Å². The maximum atomic E-state index is 10.6. The minimum absolute atomic E-state index is 0.450. The number of piperazine rings is 1. The highest BCUT2D eigenvalue weighted by Gasteiger charge is 2.18. The monoisotopic (exact) mass is 262 g/mol. The summed E-state index contributed by atoms with van der Waals surface area (Å²) in [6.07, 6.45) is 1.47. The molecule has 1 aliphatic rings. The first-order chi connectivity index (χ1) is 9.22. The normalized spacial score (nSPS) is 18.3. The predicted octanol–water partition coefficient (Wildman–Crippen LogP) is 1.06. The molecule has 1 unspecified atom stereocenters. The lowest BCUT2D eigenvalue weighted by Gasteiger charge is -2.33. The first kappa shape index (κ1) is 14.0. The van der Waals surface area contributed by atoms with Crippen LogP contribution in [-0.4, -0.2) is 54.0 Å². The van der Waals surface area contributed by atoms with E-state index in [1.165, 1.54) is 5.56 Å². The summed E-state index contributed by atoms with van der Waals surface area (Å²) in [4.78, 5) is 14.6.